The van der Waals surface area contributed by atoms with Gasteiger partial charge in [-0.05, 0) is 62.1 Å². The first-order chi connectivity index (χ1) is 13.5. The molecule has 1 aliphatic heterocycles. The van der Waals surface area contributed by atoms with Crippen molar-refractivity contribution in [2.75, 3.05) is 7.11 Å². The minimum Gasteiger partial charge on any atom is -0.497 e. The van der Waals surface area contributed by atoms with Crippen LogP contribution >= 0.6 is 15.9 Å². The summed E-state index contributed by atoms with van der Waals surface area (Å²) in [4.78, 5) is 11.7. The molecule has 0 spiro atoms. The fraction of sp³-hybridized carbons (Fsp3) is 0.304. The van der Waals surface area contributed by atoms with Crippen LogP contribution in [0.3, 0.4) is 0 Å². The van der Waals surface area contributed by atoms with Gasteiger partial charge >= 0.3 is 0 Å². The second-order valence-electron chi connectivity index (χ2n) is 7.39. The Morgan fingerprint density at radius 3 is 2.64 bits per heavy atom. The highest BCUT2D eigenvalue weighted by Crippen LogP contribution is 2.45. The molecular weight excluding hydrogens is 416 g/mol. The summed E-state index contributed by atoms with van der Waals surface area (Å²) < 4.78 is 6.50. The van der Waals surface area contributed by atoms with Gasteiger partial charge in [-0.1, -0.05) is 34.1 Å². The number of ether oxygens (including phenoxy) is 1. The lowest BCUT2D eigenvalue weighted by molar-refractivity contribution is -0.112. The van der Waals surface area contributed by atoms with Crippen LogP contribution in [0.4, 0.5) is 0 Å². The number of benzene rings is 2. The summed E-state index contributed by atoms with van der Waals surface area (Å²) in [6.45, 7) is 3.54. The van der Waals surface area contributed by atoms with E-state index in [1.165, 1.54) is 11.1 Å². The molecule has 2 unspecified atom stereocenters. The van der Waals surface area contributed by atoms with Crippen LogP contribution in [0.2, 0.25) is 0 Å². The minimum absolute atomic E-state index is 0.0317. The zero-order valence-electron chi connectivity index (χ0n) is 16.3. The molecule has 0 N–H and O–H groups in total. The lowest BCUT2D eigenvalue weighted by atomic mass is 9.77. The predicted molar refractivity (Wildman–Crippen MR) is 115 cm³/mol. The molecule has 1 aliphatic carbocycles. The number of fused-ring (bicyclic) bond motifs is 3. The van der Waals surface area contributed by atoms with Gasteiger partial charge in [0.1, 0.15) is 5.75 Å². The summed E-state index contributed by atoms with van der Waals surface area (Å²) in [6, 6.07) is 14.7. The number of methoxy groups -OCH3 is 1. The highest BCUT2D eigenvalue weighted by atomic mass is 79.9. The first kappa shape index (κ1) is 18.9. The molecule has 4 nitrogen and oxygen atoms in total. The summed E-state index contributed by atoms with van der Waals surface area (Å²) in [5.41, 5.74) is 5.63. The lowest BCUT2D eigenvalue weighted by Crippen LogP contribution is -2.28. The van der Waals surface area contributed by atoms with Crippen molar-refractivity contribution in [1.29, 1.82) is 0 Å². The number of hydrazone groups is 1. The maximum Gasteiger partial charge on any atom is 0.154 e. The van der Waals surface area contributed by atoms with Crippen LogP contribution in [0.25, 0.3) is 0 Å². The van der Waals surface area contributed by atoms with E-state index in [1.54, 1.807) is 20.1 Å². The van der Waals surface area contributed by atoms with Crippen LogP contribution in [0.1, 0.15) is 43.0 Å². The summed E-state index contributed by atoms with van der Waals surface area (Å²) >= 11 is 3.52. The van der Waals surface area contributed by atoms with E-state index < -0.39 is 0 Å². The monoisotopic (exact) mass is 438 g/mol. The van der Waals surface area contributed by atoms with Crippen LogP contribution in [0.5, 0.6) is 5.75 Å². The molecule has 0 radical (unpaired) electrons. The number of allylic oxidation sites excluding steroid dienone is 2. The Bertz CT molecular complexity index is 979. The van der Waals surface area contributed by atoms with E-state index in [0.717, 1.165) is 40.0 Å². The SMILES string of the molecule is COc1ccc2c(c1)C1=NN(C(C)=CC(C)=O)C(c3ccc(Br)cc3)C1CC2. The molecular formula is C23H23BrN2O2. The Kier molecular flexibility index (Phi) is 5.11. The molecule has 5 heteroatoms. The standard InChI is InChI=1S/C23H23BrN2O2/c1-14(12-15(2)27)26-23(17-4-8-18(24)9-5-17)20-11-7-16-6-10-19(28-3)13-21(16)22(20)25-26/h4-6,8-10,12-13,20,23H,7,11H2,1-3H3. The number of carbonyl (C=O) groups is 1. The average molecular weight is 439 g/mol. The third kappa shape index (κ3) is 3.39. The number of hydrogen-bond donors (Lipinski definition) is 0. The molecule has 0 saturated heterocycles. The molecule has 144 valence electrons. The minimum atomic E-state index is 0.0317. The number of carbonyl (C=O) groups excluding carboxylic acids is 1. The largest absolute Gasteiger partial charge is 0.497 e. The van der Waals surface area contributed by atoms with Crippen LogP contribution in [-0.2, 0) is 11.2 Å². The molecule has 4 rings (SSSR count). The van der Waals surface area contributed by atoms with Crippen LogP contribution < -0.4 is 4.74 Å². The molecule has 0 aromatic heterocycles. The van der Waals surface area contributed by atoms with E-state index in [9.17, 15) is 4.79 Å². The molecule has 0 bridgehead atoms. The number of ketones is 1. The van der Waals surface area contributed by atoms with E-state index in [1.807, 2.05) is 18.0 Å². The number of aryl methyl sites for hydroxylation is 1. The maximum atomic E-state index is 11.7. The van der Waals surface area contributed by atoms with Gasteiger partial charge in [-0.2, -0.15) is 5.10 Å². The van der Waals surface area contributed by atoms with E-state index in [-0.39, 0.29) is 17.7 Å². The first-order valence-corrected chi connectivity index (χ1v) is 10.3. The van der Waals surface area contributed by atoms with Gasteiger partial charge in [0, 0.05) is 27.7 Å². The fourth-order valence-corrected chi connectivity index (χ4v) is 4.53. The van der Waals surface area contributed by atoms with Crippen molar-refractivity contribution >= 4 is 27.4 Å². The fourth-order valence-electron chi connectivity index (χ4n) is 4.26. The topological polar surface area (TPSA) is 41.9 Å². The molecule has 0 amide bonds. The van der Waals surface area contributed by atoms with Crippen molar-refractivity contribution in [1.82, 2.24) is 5.01 Å². The number of hydrogen-bond acceptors (Lipinski definition) is 4. The summed E-state index contributed by atoms with van der Waals surface area (Å²) in [6.07, 6.45) is 3.71. The van der Waals surface area contributed by atoms with Crippen LogP contribution in [-0.4, -0.2) is 23.6 Å². The predicted octanol–water partition coefficient (Wildman–Crippen LogP) is 5.27. The Morgan fingerprint density at radius 2 is 1.96 bits per heavy atom. The Hall–Kier alpha value is -2.40. The van der Waals surface area contributed by atoms with E-state index in [2.05, 4.69) is 52.3 Å². The zero-order chi connectivity index (χ0) is 19.8. The van der Waals surface area contributed by atoms with Crippen molar-refractivity contribution in [2.45, 2.75) is 32.7 Å². The molecule has 2 aliphatic rings. The Balaban J connectivity index is 1.83. The Labute approximate surface area is 174 Å². The lowest BCUT2D eigenvalue weighted by Gasteiger charge is -2.31. The third-order valence-corrected chi connectivity index (χ3v) is 6.04. The van der Waals surface area contributed by atoms with E-state index >= 15 is 0 Å². The number of nitrogens with zero attached hydrogens (tertiary/aromatic N) is 2. The first-order valence-electron chi connectivity index (χ1n) is 9.47. The van der Waals surface area contributed by atoms with Crippen molar-refractivity contribution < 1.29 is 9.53 Å². The molecule has 0 saturated carbocycles. The normalized spacial score (nSPS) is 21.1. The summed E-state index contributed by atoms with van der Waals surface area (Å²) in [5, 5.41) is 7.05. The maximum absolute atomic E-state index is 11.7. The molecule has 1 heterocycles. The molecule has 2 aromatic rings. The molecule has 2 atom stereocenters. The highest BCUT2D eigenvalue weighted by Gasteiger charge is 2.42. The second-order valence-corrected chi connectivity index (χ2v) is 8.31. The highest BCUT2D eigenvalue weighted by molar-refractivity contribution is 9.10. The summed E-state index contributed by atoms with van der Waals surface area (Å²) in [5.74, 6) is 1.15. The van der Waals surface area contributed by atoms with Gasteiger partial charge in [0.15, 0.2) is 5.78 Å². The summed E-state index contributed by atoms with van der Waals surface area (Å²) in [7, 11) is 1.69. The van der Waals surface area contributed by atoms with Crippen LogP contribution in [0.15, 0.2) is 63.8 Å². The van der Waals surface area contributed by atoms with E-state index in [4.69, 9.17) is 9.84 Å². The van der Waals surface area contributed by atoms with Gasteiger partial charge in [0.25, 0.3) is 0 Å². The zero-order valence-corrected chi connectivity index (χ0v) is 17.9. The average Bonchev–Trinajstić information content (AvgIpc) is 3.08. The van der Waals surface area contributed by atoms with Gasteiger partial charge < -0.3 is 4.74 Å². The van der Waals surface area contributed by atoms with Crippen molar-refractivity contribution in [3.8, 4) is 5.75 Å². The molecule has 0 fully saturated rings. The molecule has 2 aromatic carbocycles. The Morgan fingerprint density at radius 1 is 1.21 bits per heavy atom. The van der Waals surface area contributed by atoms with Crippen molar-refractivity contribution in [2.24, 2.45) is 11.0 Å². The van der Waals surface area contributed by atoms with Gasteiger partial charge in [-0.3, -0.25) is 9.80 Å². The van der Waals surface area contributed by atoms with Crippen LogP contribution in [0, 0.1) is 5.92 Å². The quantitative estimate of drug-likeness (QED) is 0.610. The number of halogens is 1. The smallest absolute Gasteiger partial charge is 0.154 e. The van der Waals surface area contributed by atoms with E-state index in [0.29, 0.717) is 0 Å². The number of rotatable bonds is 4. The van der Waals surface area contributed by atoms with Gasteiger partial charge in [0.2, 0.25) is 0 Å². The third-order valence-electron chi connectivity index (χ3n) is 5.51. The van der Waals surface area contributed by atoms with Gasteiger partial charge in [0.05, 0.1) is 18.9 Å². The van der Waals surface area contributed by atoms with Gasteiger partial charge in [-0.15, -0.1) is 0 Å². The molecule has 28 heavy (non-hydrogen) atoms. The van der Waals surface area contributed by atoms with Gasteiger partial charge in [-0.25, -0.2) is 0 Å². The van der Waals surface area contributed by atoms with Crippen molar-refractivity contribution in [3.05, 3.63) is 75.4 Å². The second kappa shape index (κ2) is 7.55. The van der Waals surface area contributed by atoms with Crippen molar-refractivity contribution in [3.63, 3.8) is 0 Å².